The van der Waals surface area contributed by atoms with Crippen LogP contribution in [0.1, 0.15) is 35.2 Å². The van der Waals surface area contributed by atoms with Gasteiger partial charge in [-0.15, -0.1) is 11.3 Å². The molecule has 0 bridgehead atoms. The number of thiazole rings is 1. The molecule has 2 heterocycles. The number of hydrogen-bond donors (Lipinski definition) is 1. The first kappa shape index (κ1) is 11.0. The van der Waals surface area contributed by atoms with Crippen molar-refractivity contribution >= 4 is 11.3 Å². The third-order valence-electron chi connectivity index (χ3n) is 2.99. The number of aliphatic hydroxyl groups is 1. The van der Waals surface area contributed by atoms with Crippen LogP contribution in [0.25, 0.3) is 0 Å². The number of aliphatic hydroxyl groups excluding tert-OH is 1. The highest BCUT2D eigenvalue weighted by Gasteiger charge is 2.23. The van der Waals surface area contributed by atoms with Gasteiger partial charge in [-0.3, -0.25) is 4.90 Å². The zero-order valence-corrected chi connectivity index (χ0v) is 9.96. The monoisotopic (exact) mass is 226 g/mol. The van der Waals surface area contributed by atoms with E-state index in [1.807, 2.05) is 6.20 Å². The number of hydrogen-bond acceptors (Lipinski definition) is 4. The van der Waals surface area contributed by atoms with Gasteiger partial charge >= 0.3 is 0 Å². The standard InChI is InChI=1S/C11H18N2OS/c1-13-6-3-2-4-10(13)11-12-8-9(15-11)5-7-14/h8,10,14H,2-7H2,1H3. The summed E-state index contributed by atoms with van der Waals surface area (Å²) in [6, 6.07) is 0.510. The van der Waals surface area contributed by atoms with Crippen LogP contribution in [0.2, 0.25) is 0 Å². The second kappa shape index (κ2) is 5.05. The number of rotatable bonds is 3. The van der Waals surface area contributed by atoms with E-state index < -0.39 is 0 Å². The Morgan fingerprint density at radius 1 is 1.60 bits per heavy atom. The lowest BCUT2D eigenvalue weighted by Gasteiger charge is -2.30. The lowest BCUT2D eigenvalue weighted by Crippen LogP contribution is -2.29. The minimum atomic E-state index is 0.224. The van der Waals surface area contributed by atoms with Crippen LogP contribution in [0, 0.1) is 0 Å². The summed E-state index contributed by atoms with van der Waals surface area (Å²) in [4.78, 5) is 8.07. The lowest BCUT2D eigenvalue weighted by molar-refractivity contribution is 0.187. The second-order valence-corrected chi connectivity index (χ2v) is 5.28. The molecule has 84 valence electrons. The molecular weight excluding hydrogens is 208 g/mol. The number of piperidine rings is 1. The number of aromatic nitrogens is 1. The van der Waals surface area contributed by atoms with Crippen molar-refractivity contribution in [3.8, 4) is 0 Å². The van der Waals surface area contributed by atoms with Gasteiger partial charge in [0.1, 0.15) is 5.01 Å². The maximum absolute atomic E-state index is 8.86. The minimum Gasteiger partial charge on any atom is -0.396 e. The maximum atomic E-state index is 8.86. The molecule has 15 heavy (non-hydrogen) atoms. The predicted octanol–water partition coefficient (Wildman–Crippen LogP) is 1.83. The lowest BCUT2D eigenvalue weighted by atomic mass is 10.0. The van der Waals surface area contributed by atoms with Crippen LogP contribution in [0.3, 0.4) is 0 Å². The van der Waals surface area contributed by atoms with Gasteiger partial charge in [0, 0.05) is 24.1 Å². The quantitative estimate of drug-likeness (QED) is 0.854. The first-order valence-electron chi connectivity index (χ1n) is 5.57. The summed E-state index contributed by atoms with van der Waals surface area (Å²) in [5.74, 6) is 0. The molecule has 1 unspecified atom stereocenters. The molecule has 0 spiro atoms. The van der Waals surface area contributed by atoms with Gasteiger partial charge in [0.2, 0.25) is 0 Å². The van der Waals surface area contributed by atoms with Gasteiger partial charge in [-0.05, 0) is 26.4 Å². The van der Waals surface area contributed by atoms with E-state index in [0.29, 0.717) is 6.04 Å². The molecular formula is C11H18N2OS. The van der Waals surface area contributed by atoms with Crippen LogP contribution in [-0.4, -0.2) is 35.2 Å². The summed E-state index contributed by atoms with van der Waals surface area (Å²) >= 11 is 1.75. The molecule has 0 aliphatic carbocycles. The minimum absolute atomic E-state index is 0.224. The Labute approximate surface area is 94.8 Å². The van der Waals surface area contributed by atoms with E-state index in [1.165, 1.54) is 35.7 Å². The Morgan fingerprint density at radius 2 is 2.47 bits per heavy atom. The van der Waals surface area contributed by atoms with Crippen molar-refractivity contribution in [2.24, 2.45) is 0 Å². The van der Waals surface area contributed by atoms with Crippen molar-refractivity contribution < 1.29 is 5.11 Å². The SMILES string of the molecule is CN1CCCCC1c1ncc(CCO)s1. The molecule has 1 N–H and O–H groups in total. The zero-order valence-electron chi connectivity index (χ0n) is 9.15. The summed E-state index contributed by atoms with van der Waals surface area (Å²) in [5.41, 5.74) is 0. The van der Waals surface area contributed by atoms with E-state index in [4.69, 9.17) is 5.11 Å². The van der Waals surface area contributed by atoms with Gasteiger partial charge in [0.15, 0.2) is 0 Å². The average Bonchev–Trinajstić information content (AvgIpc) is 2.68. The molecule has 0 aromatic carbocycles. The van der Waals surface area contributed by atoms with Crippen molar-refractivity contribution in [3.63, 3.8) is 0 Å². The molecule has 1 fully saturated rings. The van der Waals surface area contributed by atoms with Crippen molar-refractivity contribution in [1.82, 2.24) is 9.88 Å². The van der Waals surface area contributed by atoms with Crippen molar-refractivity contribution in [1.29, 1.82) is 0 Å². The fraction of sp³-hybridized carbons (Fsp3) is 0.727. The van der Waals surface area contributed by atoms with E-state index in [1.54, 1.807) is 11.3 Å². The molecule has 2 rings (SSSR count). The fourth-order valence-electron chi connectivity index (χ4n) is 2.09. The van der Waals surface area contributed by atoms with E-state index >= 15 is 0 Å². The maximum Gasteiger partial charge on any atom is 0.110 e. The molecule has 1 saturated heterocycles. The van der Waals surface area contributed by atoms with Gasteiger partial charge in [-0.2, -0.15) is 0 Å². The number of likely N-dealkylation sites (tertiary alicyclic amines) is 1. The largest absolute Gasteiger partial charge is 0.396 e. The van der Waals surface area contributed by atoms with Crippen LogP contribution in [-0.2, 0) is 6.42 Å². The van der Waals surface area contributed by atoms with E-state index in [-0.39, 0.29) is 6.61 Å². The normalized spacial score (nSPS) is 23.2. The highest BCUT2D eigenvalue weighted by atomic mass is 32.1. The molecule has 1 aromatic heterocycles. The molecule has 0 radical (unpaired) electrons. The van der Waals surface area contributed by atoms with Crippen molar-refractivity contribution in [2.75, 3.05) is 20.2 Å². The van der Waals surface area contributed by atoms with Gasteiger partial charge in [-0.25, -0.2) is 4.98 Å². The van der Waals surface area contributed by atoms with Crippen LogP contribution in [0.5, 0.6) is 0 Å². The summed E-state index contributed by atoms with van der Waals surface area (Å²) in [5, 5.41) is 10.1. The van der Waals surface area contributed by atoms with Crippen LogP contribution >= 0.6 is 11.3 Å². The van der Waals surface area contributed by atoms with Gasteiger partial charge in [-0.1, -0.05) is 6.42 Å². The van der Waals surface area contributed by atoms with Crippen LogP contribution in [0.4, 0.5) is 0 Å². The molecule has 3 nitrogen and oxygen atoms in total. The van der Waals surface area contributed by atoms with Gasteiger partial charge < -0.3 is 5.11 Å². The first-order chi connectivity index (χ1) is 7.31. The smallest absolute Gasteiger partial charge is 0.110 e. The molecule has 1 aliphatic heterocycles. The third-order valence-corrected chi connectivity index (χ3v) is 4.14. The van der Waals surface area contributed by atoms with Gasteiger partial charge in [0.25, 0.3) is 0 Å². The molecule has 0 amide bonds. The van der Waals surface area contributed by atoms with E-state index in [2.05, 4.69) is 16.9 Å². The Bertz CT molecular complexity index is 313. The molecule has 1 aromatic rings. The highest BCUT2D eigenvalue weighted by molar-refractivity contribution is 7.11. The Hall–Kier alpha value is -0.450. The summed E-state index contributed by atoms with van der Waals surface area (Å²) < 4.78 is 0. The second-order valence-electron chi connectivity index (χ2n) is 4.13. The topological polar surface area (TPSA) is 36.4 Å². The molecule has 1 aliphatic rings. The van der Waals surface area contributed by atoms with Crippen LogP contribution < -0.4 is 0 Å². The Kier molecular flexibility index (Phi) is 3.72. The zero-order chi connectivity index (χ0) is 10.7. The first-order valence-corrected chi connectivity index (χ1v) is 6.38. The van der Waals surface area contributed by atoms with Gasteiger partial charge in [0.05, 0.1) is 6.04 Å². The molecule has 4 heteroatoms. The third kappa shape index (κ3) is 2.56. The van der Waals surface area contributed by atoms with Crippen LogP contribution in [0.15, 0.2) is 6.20 Å². The summed E-state index contributed by atoms with van der Waals surface area (Å²) in [7, 11) is 2.18. The summed E-state index contributed by atoms with van der Waals surface area (Å²) in [6.45, 7) is 1.40. The van der Waals surface area contributed by atoms with Crippen molar-refractivity contribution in [2.45, 2.75) is 31.7 Å². The Balaban J connectivity index is 2.06. The summed E-state index contributed by atoms with van der Waals surface area (Å²) in [6.07, 6.45) is 6.50. The molecule has 0 saturated carbocycles. The van der Waals surface area contributed by atoms with Crippen molar-refractivity contribution in [3.05, 3.63) is 16.1 Å². The Morgan fingerprint density at radius 3 is 3.20 bits per heavy atom. The highest BCUT2D eigenvalue weighted by Crippen LogP contribution is 2.32. The fourth-order valence-corrected chi connectivity index (χ4v) is 3.20. The van der Waals surface area contributed by atoms with E-state index in [0.717, 1.165) is 6.42 Å². The number of nitrogens with zero attached hydrogens (tertiary/aromatic N) is 2. The predicted molar refractivity (Wildman–Crippen MR) is 62.1 cm³/mol. The average molecular weight is 226 g/mol. The molecule has 1 atom stereocenters. The van der Waals surface area contributed by atoms with E-state index in [9.17, 15) is 0 Å².